The zero-order valence-electron chi connectivity index (χ0n) is 10.2. The van der Waals surface area contributed by atoms with Crippen LogP contribution in [0.2, 0.25) is 0 Å². The van der Waals surface area contributed by atoms with Gasteiger partial charge in [-0.15, -0.1) is 5.10 Å². The molecule has 9 heteroatoms. The van der Waals surface area contributed by atoms with Crippen molar-refractivity contribution in [1.82, 2.24) is 20.2 Å². The van der Waals surface area contributed by atoms with E-state index in [4.69, 9.17) is 5.11 Å². The molecule has 0 radical (unpaired) electrons. The number of aromatic nitrogens is 4. The Morgan fingerprint density at radius 1 is 1.30 bits per heavy atom. The molecule has 1 aromatic carbocycles. The van der Waals surface area contributed by atoms with Crippen molar-refractivity contribution in [2.45, 2.75) is 23.6 Å². The van der Waals surface area contributed by atoms with Gasteiger partial charge in [0.25, 0.3) is 0 Å². The normalized spacial score (nSPS) is 11.8. The van der Waals surface area contributed by atoms with Gasteiger partial charge >= 0.3 is 6.18 Å². The minimum absolute atomic E-state index is 0.109. The quantitative estimate of drug-likeness (QED) is 0.856. The molecular formula is C11H11F3N4OS. The van der Waals surface area contributed by atoms with Gasteiger partial charge in [-0.25, -0.2) is 4.68 Å². The van der Waals surface area contributed by atoms with E-state index >= 15 is 0 Å². The monoisotopic (exact) mass is 304 g/mol. The lowest BCUT2D eigenvalue weighted by Crippen LogP contribution is -2.06. The third kappa shape index (κ3) is 3.70. The maximum Gasteiger partial charge on any atom is 0.416 e. The van der Waals surface area contributed by atoms with E-state index in [1.54, 1.807) is 6.07 Å². The largest absolute Gasteiger partial charge is 0.416 e. The zero-order valence-corrected chi connectivity index (χ0v) is 11.0. The molecule has 0 aliphatic rings. The Hall–Kier alpha value is -1.61. The van der Waals surface area contributed by atoms with Gasteiger partial charge in [0.05, 0.1) is 18.7 Å². The van der Waals surface area contributed by atoms with Crippen molar-refractivity contribution >= 4 is 11.8 Å². The lowest BCUT2D eigenvalue weighted by Gasteiger charge is -2.08. The Bertz CT molecular complexity index is 573. The highest BCUT2D eigenvalue weighted by molar-refractivity contribution is 7.98. The maximum absolute atomic E-state index is 12.6. The van der Waals surface area contributed by atoms with Crippen LogP contribution in [0.1, 0.15) is 11.1 Å². The van der Waals surface area contributed by atoms with Crippen LogP contribution in [0, 0.1) is 0 Å². The summed E-state index contributed by atoms with van der Waals surface area (Å²) in [6.45, 7) is 0.139. The first kappa shape index (κ1) is 14.8. The highest BCUT2D eigenvalue weighted by atomic mass is 32.2. The molecule has 1 N–H and O–H groups in total. The van der Waals surface area contributed by atoms with Crippen molar-refractivity contribution in [3.63, 3.8) is 0 Å². The summed E-state index contributed by atoms with van der Waals surface area (Å²) in [7, 11) is 0. The topological polar surface area (TPSA) is 63.8 Å². The summed E-state index contributed by atoms with van der Waals surface area (Å²) in [6, 6.07) is 5.12. The van der Waals surface area contributed by atoms with E-state index in [-0.39, 0.29) is 13.2 Å². The maximum atomic E-state index is 12.6. The summed E-state index contributed by atoms with van der Waals surface area (Å²) < 4.78 is 39.1. The molecule has 108 valence electrons. The van der Waals surface area contributed by atoms with Crippen molar-refractivity contribution in [2.24, 2.45) is 0 Å². The third-order valence-corrected chi connectivity index (χ3v) is 3.46. The summed E-state index contributed by atoms with van der Waals surface area (Å²) in [5.74, 6) is 0.315. The molecule has 5 nitrogen and oxygen atoms in total. The SMILES string of the molecule is OCCn1nnnc1SCc1cccc(C(F)(F)F)c1. The summed E-state index contributed by atoms with van der Waals surface area (Å²) >= 11 is 1.21. The van der Waals surface area contributed by atoms with Gasteiger partial charge in [0.1, 0.15) is 0 Å². The van der Waals surface area contributed by atoms with Crippen LogP contribution < -0.4 is 0 Å². The van der Waals surface area contributed by atoms with E-state index in [1.807, 2.05) is 0 Å². The predicted molar refractivity (Wildman–Crippen MR) is 65.9 cm³/mol. The van der Waals surface area contributed by atoms with Gasteiger partial charge in [0.15, 0.2) is 0 Å². The molecule has 0 aliphatic carbocycles. The lowest BCUT2D eigenvalue weighted by atomic mass is 10.1. The number of halogens is 3. The standard InChI is InChI=1S/C11H11F3N4OS/c12-11(13,14)9-3-1-2-8(6-9)7-20-10-15-16-17-18(10)4-5-19/h1-3,6,19H,4-5,7H2. The number of hydrogen-bond donors (Lipinski definition) is 1. The van der Waals surface area contributed by atoms with E-state index in [0.29, 0.717) is 16.5 Å². The van der Waals surface area contributed by atoms with E-state index < -0.39 is 11.7 Å². The number of rotatable bonds is 5. The van der Waals surface area contributed by atoms with E-state index in [0.717, 1.165) is 12.1 Å². The highest BCUT2D eigenvalue weighted by Gasteiger charge is 2.30. The minimum atomic E-state index is -4.35. The second-order valence-electron chi connectivity index (χ2n) is 3.90. The van der Waals surface area contributed by atoms with Gasteiger partial charge in [-0.2, -0.15) is 13.2 Å². The fourth-order valence-corrected chi connectivity index (χ4v) is 2.37. The molecule has 0 atom stereocenters. The van der Waals surface area contributed by atoms with Gasteiger partial charge in [-0.1, -0.05) is 30.0 Å². The minimum Gasteiger partial charge on any atom is -0.394 e. The number of aliphatic hydroxyl groups excluding tert-OH is 1. The Morgan fingerprint density at radius 2 is 2.10 bits per heavy atom. The Balaban J connectivity index is 2.05. The number of alkyl halides is 3. The van der Waals surface area contributed by atoms with Crippen LogP contribution in [0.3, 0.4) is 0 Å². The predicted octanol–water partition coefficient (Wildman–Crippen LogP) is 1.98. The molecule has 0 amide bonds. The van der Waals surface area contributed by atoms with Gasteiger partial charge in [0.2, 0.25) is 5.16 Å². The van der Waals surface area contributed by atoms with Crippen LogP contribution in [-0.4, -0.2) is 31.9 Å². The van der Waals surface area contributed by atoms with E-state index in [9.17, 15) is 13.2 Å². The zero-order chi connectivity index (χ0) is 14.6. The first-order chi connectivity index (χ1) is 9.50. The summed E-state index contributed by atoms with van der Waals surface area (Å²) in [4.78, 5) is 0. The second kappa shape index (κ2) is 6.23. The van der Waals surface area contributed by atoms with Crippen LogP contribution >= 0.6 is 11.8 Å². The van der Waals surface area contributed by atoms with Gasteiger partial charge in [-0.3, -0.25) is 0 Å². The van der Waals surface area contributed by atoms with Crippen LogP contribution in [0.15, 0.2) is 29.4 Å². The Morgan fingerprint density at radius 3 is 2.80 bits per heavy atom. The third-order valence-electron chi connectivity index (χ3n) is 2.43. The molecule has 0 spiro atoms. The highest BCUT2D eigenvalue weighted by Crippen LogP contribution is 2.30. The summed E-state index contributed by atoms with van der Waals surface area (Å²) in [6.07, 6.45) is -4.35. The average Bonchev–Trinajstić information content (AvgIpc) is 2.84. The fraction of sp³-hybridized carbons (Fsp3) is 0.364. The molecule has 0 aliphatic heterocycles. The number of nitrogens with zero attached hydrogens (tertiary/aromatic N) is 4. The molecular weight excluding hydrogens is 293 g/mol. The first-order valence-electron chi connectivity index (χ1n) is 5.66. The first-order valence-corrected chi connectivity index (χ1v) is 6.65. The number of benzene rings is 1. The number of tetrazole rings is 1. The molecule has 1 aromatic heterocycles. The van der Waals surface area contributed by atoms with Gasteiger partial charge in [-0.05, 0) is 22.1 Å². The molecule has 2 rings (SSSR count). The molecule has 0 unspecified atom stereocenters. The molecule has 1 heterocycles. The number of thioether (sulfide) groups is 1. The van der Waals surface area contributed by atoms with Crippen molar-refractivity contribution < 1.29 is 18.3 Å². The second-order valence-corrected chi connectivity index (χ2v) is 4.84. The molecule has 0 saturated carbocycles. The average molecular weight is 304 g/mol. The molecule has 20 heavy (non-hydrogen) atoms. The van der Waals surface area contributed by atoms with Crippen LogP contribution in [0.25, 0.3) is 0 Å². The van der Waals surface area contributed by atoms with Crippen molar-refractivity contribution in [2.75, 3.05) is 6.61 Å². The van der Waals surface area contributed by atoms with Crippen molar-refractivity contribution in [1.29, 1.82) is 0 Å². The number of aliphatic hydroxyl groups is 1. The Kier molecular flexibility index (Phi) is 4.61. The fourth-order valence-electron chi connectivity index (χ4n) is 1.52. The van der Waals surface area contributed by atoms with E-state index in [2.05, 4.69) is 15.5 Å². The van der Waals surface area contributed by atoms with Crippen LogP contribution in [0.4, 0.5) is 13.2 Å². The van der Waals surface area contributed by atoms with E-state index in [1.165, 1.54) is 22.5 Å². The Labute approximate surface area is 116 Å². The molecule has 0 bridgehead atoms. The van der Waals surface area contributed by atoms with Gasteiger partial charge < -0.3 is 5.11 Å². The molecule has 0 fully saturated rings. The lowest BCUT2D eigenvalue weighted by molar-refractivity contribution is -0.137. The van der Waals surface area contributed by atoms with Crippen molar-refractivity contribution in [3.8, 4) is 0 Å². The van der Waals surface area contributed by atoms with Gasteiger partial charge in [0, 0.05) is 5.75 Å². The molecule has 0 saturated heterocycles. The van der Waals surface area contributed by atoms with Crippen LogP contribution in [0.5, 0.6) is 0 Å². The summed E-state index contributed by atoms with van der Waals surface area (Å²) in [5.41, 5.74) is -0.145. The van der Waals surface area contributed by atoms with Crippen LogP contribution in [-0.2, 0) is 18.5 Å². The smallest absolute Gasteiger partial charge is 0.394 e. The number of hydrogen-bond acceptors (Lipinski definition) is 5. The summed E-state index contributed by atoms with van der Waals surface area (Å²) in [5, 5.41) is 20.2. The van der Waals surface area contributed by atoms with Crippen molar-refractivity contribution in [3.05, 3.63) is 35.4 Å². The molecule has 2 aromatic rings.